The Morgan fingerprint density at radius 3 is 2.77 bits per heavy atom. The van der Waals surface area contributed by atoms with E-state index >= 15 is 0 Å². The molecular weight excluding hydrogens is 302 g/mol. The van der Waals surface area contributed by atoms with Gasteiger partial charge in [0.05, 0.1) is 24.6 Å². The Kier molecular flexibility index (Phi) is 4.35. The van der Waals surface area contributed by atoms with Crippen molar-refractivity contribution >= 4 is 10.0 Å². The molecule has 22 heavy (non-hydrogen) atoms. The standard InChI is InChI=1S/C15H17N3O3S/c19-22(20,8-4-7-21-14-5-2-1-3-6-14)18-10-13-9-16-12-17-15(13)11-18/h1-3,5-6,9,12H,4,7-8,10-11H2. The van der Waals surface area contributed by atoms with Crippen LogP contribution >= 0.6 is 0 Å². The first-order chi connectivity index (χ1) is 10.6. The lowest BCUT2D eigenvalue weighted by Crippen LogP contribution is -2.28. The van der Waals surface area contributed by atoms with Gasteiger partial charge in [0.1, 0.15) is 12.1 Å². The molecular formula is C15H17N3O3S. The number of benzene rings is 1. The number of hydrogen-bond acceptors (Lipinski definition) is 5. The van der Waals surface area contributed by atoms with Crippen molar-refractivity contribution in [1.82, 2.24) is 14.3 Å². The van der Waals surface area contributed by atoms with E-state index in [1.807, 2.05) is 30.3 Å². The first kappa shape index (κ1) is 14.9. The van der Waals surface area contributed by atoms with Gasteiger partial charge < -0.3 is 4.74 Å². The van der Waals surface area contributed by atoms with Gasteiger partial charge in [-0.2, -0.15) is 4.31 Å². The lowest BCUT2D eigenvalue weighted by molar-refractivity contribution is 0.316. The van der Waals surface area contributed by atoms with Crippen molar-refractivity contribution in [3.8, 4) is 5.75 Å². The predicted octanol–water partition coefficient (Wildman–Crippen LogP) is 1.59. The quantitative estimate of drug-likeness (QED) is 0.756. The van der Waals surface area contributed by atoms with Crippen LogP contribution in [0.1, 0.15) is 17.7 Å². The molecule has 0 aliphatic carbocycles. The van der Waals surface area contributed by atoms with Gasteiger partial charge in [-0.25, -0.2) is 18.4 Å². The van der Waals surface area contributed by atoms with Crippen LogP contribution in [0.3, 0.4) is 0 Å². The van der Waals surface area contributed by atoms with Crippen LogP contribution in [0, 0.1) is 0 Å². The molecule has 7 heteroatoms. The molecule has 0 saturated heterocycles. The number of ether oxygens (including phenoxy) is 1. The minimum Gasteiger partial charge on any atom is -0.494 e. The van der Waals surface area contributed by atoms with Crippen LogP contribution in [0.25, 0.3) is 0 Å². The van der Waals surface area contributed by atoms with Crippen LogP contribution in [0.2, 0.25) is 0 Å². The lowest BCUT2D eigenvalue weighted by Gasteiger charge is -2.15. The average molecular weight is 319 g/mol. The summed E-state index contributed by atoms with van der Waals surface area (Å²) in [5, 5.41) is 0. The molecule has 0 amide bonds. The highest BCUT2D eigenvalue weighted by Crippen LogP contribution is 2.23. The van der Waals surface area contributed by atoms with Crippen LogP contribution in [-0.2, 0) is 23.1 Å². The summed E-state index contributed by atoms with van der Waals surface area (Å²) in [6.45, 7) is 1.07. The highest BCUT2D eigenvalue weighted by molar-refractivity contribution is 7.89. The molecule has 0 bridgehead atoms. The minimum atomic E-state index is -3.30. The third-order valence-corrected chi connectivity index (χ3v) is 5.36. The lowest BCUT2D eigenvalue weighted by atomic mass is 10.3. The smallest absolute Gasteiger partial charge is 0.214 e. The maximum absolute atomic E-state index is 12.3. The highest BCUT2D eigenvalue weighted by atomic mass is 32.2. The Morgan fingerprint density at radius 2 is 2.00 bits per heavy atom. The second-order valence-corrected chi connectivity index (χ2v) is 7.18. The maximum Gasteiger partial charge on any atom is 0.214 e. The first-order valence-electron chi connectivity index (χ1n) is 7.08. The first-order valence-corrected chi connectivity index (χ1v) is 8.69. The minimum absolute atomic E-state index is 0.0707. The van der Waals surface area contributed by atoms with E-state index < -0.39 is 10.0 Å². The molecule has 1 aromatic carbocycles. The van der Waals surface area contributed by atoms with E-state index in [2.05, 4.69) is 9.97 Å². The van der Waals surface area contributed by atoms with Crippen molar-refractivity contribution in [2.45, 2.75) is 19.5 Å². The molecule has 0 spiro atoms. The topological polar surface area (TPSA) is 72.4 Å². The van der Waals surface area contributed by atoms with E-state index in [9.17, 15) is 8.42 Å². The number of sulfonamides is 1. The number of fused-ring (bicyclic) bond motifs is 1. The second kappa shape index (κ2) is 6.41. The van der Waals surface area contributed by atoms with Gasteiger partial charge in [-0.1, -0.05) is 18.2 Å². The molecule has 3 rings (SSSR count). The van der Waals surface area contributed by atoms with Crippen LogP contribution < -0.4 is 4.74 Å². The summed E-state index contributed by atoms with van der Waals surface area (Å²) in [7, 11) is -3.30. The summed E-state index contributed by atoms with van der Waals surface area (Å²) >= 11 is 0. The van der Waals surface area contributed by atoms with Crippen molar-refractivity contribution in [2.75, 3.05) is 12.4 Å². The predicted molar refractivity (Wildman–Crippen MR) is 81.6 cm³/mol. The van der Waals surface area contributed by atoms with E-state index in [1.165, 1.54) is 10.6 Å². The SMILES string of the molecule is O=S(=O)(CCCOc1ccccc1)N1Cc2cncnc2C1. The fourth-order valence-electron chi connectivity index (χ4n) is 2.35. The normalized spacial score (nSPS) is 14.7. The van der Waals surface area contributed by atoms with Crippen molar-refractivity contribution in [3.63, 3.8) is 0 Å². The number of hydrogen-bond donors (Lipinski definition) is 0. The summed E-state index contributed by atoms with van der Waals surface area (Å²) in [5.41, 5.74) is 1.67. The molecule has 6 nitrogen and oxygen atoms in total. The summed E-state index contributed by atoms with van der Waals surface area (Å²) in [6.07, 6.45) is 3.58. The summed E-state index contributed by atoms with van der Waals surface area (Å²) < 4.78 is 31.6. The van der Waals surface area contributed by atoms with Gasteiger partial charge in [-0.15, -0.1) is 0 Å². The van der Waals surface area contributed by atoms with Crippen LogP contribution in [0.4, 0.5) is 0 Å². The number of aromatic nitrogens is 2. The molecule has 1 aromatic heterocycles. The summed E-state index contributed by atoms with van der Waals surface area (Å²) in [4.78, 5) is 8.05. The van der Waals surface area contributed by atoms with Gasteiger partial charge in [-0.3, -0.25) is 0 Å². The molecule has 0 unspecified atom stereocenters. The van der Waals surface area contributed by atoms with E-state index in [1.54, 1.807) is 6.20 Å². The fraction of sp³-hybridized carbons (Fsp3) is 0.333. The zero-order chi connectivity index (χ0) is 15.4. The van der Waals surface area contributed by atoms with Gasteiger partial charge >= 0.3 is 0 Å². The number of nitrogens with zero attached hydrogens (tertiary/aromatic N) is 3. The monoisotopic (exact) mass is 319 g/mol. The molecule has 0 atom stereocenters. The zero-order valence-corrected chi connectivity index (χ0v) is 12.9. The third-order valence-electron chi connectivity index (χ3n) is 3.51. The summed E-state index contributed by atoms with van der Waals surface area (Å²) in [5.74, 6) is 0.824. The largest absolute Gasteiger partial charge is 0.494 e. The molecule has 0 saturated carbocycles. The Bertz CT molecular complexity index is 710. The Hall–Kier alpha value is -1.99. The van der Waals surface area contributed by atoms with Gasteiger partial charge in [0.2, 0.25) is 10.0 Å². The van der Waals surface area contributed by atoms with Crippen molar-refractivity contribution in [1.29, 1.82) is 0 Å². The van der Waals surface area contributed by atoms with Gasteiger partial charge in [0, 0.05) is 18.3 Å². The van der Waals surface area contributed by atoms with Gasteiger partial charge in [-0.05, 0) is 18.6 Å². The number of para-hydroxylation sites is 1. The fourth-order valence-corrected chi connectivity index (χ4v) is 3.74. The van der Waals surface area contributed by atoms with E-state index in [0.29, 0.717) is 26.1 Å². The molecule has 1 aliphatic rings. The number of rotatable bonds is 6. The summed E-state index contributed by atoms with van der Waals surface area (Å²) in [6, 6.07) is 9.38. The van der Waals surface area contributed by atoms with Crippen LogP contribution in [0.5, 0.6) is 5.75 Å². The Balaban J connectivity index is 1.50. The van der Waals surface area contributed by atoms with Gasteiger partial charge in [0.25, 0.3) is 0 Å². The van der Waals surface area contributed by atoms with E-state index in [-0.39, 0.29) is 5.75 Å². The molecule has 0 fully saturated rings. The van der Waals surface area contributed by atoms with Gasteiger partial charge in [0.15, 0.2) is 0 Å². The Labute approximate surface area is 129 Å². The molecule has 0 radical (unpaired) electrons. The van der Waals surface area contributed by atoms with Crippen molar-refractivity contribution in [3.05, 3.63) is 54.1 Å². The van der Waals surface area contributed by atoms with Crippen molar-refractivity contribution in [2.24, 2.45) is 0 Å². The molecule has 2 aromatic rings. The molecule has 2 heterocycles. The Morgan fingerprint density at radius 1 is 1.18 bits per heavy atom. The molecule has 0 N–H and O–H groups in total. The molecule has 116 valence electrons. The van der Waals surface area contributed by atoms with Crippen molar-refractivity contribution < 1.29 is 13.2 Å². The molecule has 1 aliphatic heterocycles. The maximum atomic E-state index is 12.3. The van der Waals surface area contributed by atoms with Crippen LogP contribution in [-0.4, -0.2) is 35.1 Å². The van der Waals surface area contributed by atoms with E-state index in [0.717, 1.165) is 17.0 Å². The highest BCUT2D eigenvalue weighted by Gasteiger charge is 2.29. The van der Waals surface area contributed by atoms with Crippen LogP contribution in [0.15, 0.2) is 42.9 Å². The van der Waals surface area contributed by atoms with E-state index in [4.69, 9.17) is 4.74 Å². The third kappa shape index (κ3) is 3.42. The second-order valence-electron chi connectivity index (χ2n) is 5.09. The zero-order valence-electron chi connectivity index (χ0n) is 12.1. The average Bonchev–Trinajstić information content (AvgIpc) is 2.98.